The molecule has 0 amide bonds. The summed E-state index contributed by atoms with van der Waals surface area (Å²) in [6.45, 7) is 4.48. The normalized spacial score (nSPS) is 10.3. The molecule has 100 valence electrons. The van der Waals surface area contributed by atoms with E-state index in [1.54, 1.807) is 13.0 Å². The maximum absolute atomic E-state index is 13.8. The van der Waals surface area contributed by atoms with Gasteiger partial charge in [-0.25, -0.2) is 14.4 Å². The van der Waals surface area contributed by atoms with Crippen LogP contribution in [0.2, 0.25) is 5.02 Å². The fraction of sp³-hybridized carbons (Fsp3) is 0.231. The minimum atomic E-state index is -0.604. The molecule has 0 atom stereocenters. The van der Waals surface area contributed by atoms with Crippen LogP contribution in [0.1, 0.15) is 12.5 Å². The van der Waals surface area contributed by atoms with Crippen LogP contribution in [-0.4, -0.2) is 16.5 Å². The third-order valence-corrected chi connectivity index (χ3v) is 2.80. The fourth-order valence-electron chi connectivity index (χ4n) is 1.55. The van der Waals surface area contributed by atoms with Gasteiger partial charge in [0.05, 0.1) is 10.6 Å². The molecule has 1 N–H and O–H groups in total. The van der Waals surface area contributed by atoms with Crippen molar-refractivity contribution in [1.82, 2.24) is 9.97 Å². The predicted molar refractivity (Wildman–Crippen MR) is 72.4 cm³/mol. The largest absolute Gasteiger partial charge is 0.435 e. The van der Waals surface area contributed by atoms with Crippen molar-refractivity contribution in [2.75, 3.05) is 11.9 Å². The van der Waals surface area contributed by atoms with Gasteiger partial charge in [0.15, 0.2) is 11.6 Å². The number of hydrogen-bond acceptors (Lipinski definition) is 4. The Morgan fingerprint density at radius 3 is 2.89 bits per heavy atom. The standard InChI is InChI=1S/C13H13ClFN3O/c1-3-16-12-8(2)13(18-7-17-12)19-10-6-4-5-9(14)11(10)15/h4-7H,3H2,1-2H3,(H,16,17,18). The molecule has 0 aliphatic carbocycles. The first-order chi connectivity index (χ1) is 9.13. The van der Waals surface area contributed by atoms with Crippen LogP contribution in [-0.2, 0) is 0 Å². The van der Waals surface area contributed by atoms with Gasteiger partial charge in [0.2, 0.25) is 5.88 Å². The lowest BCUT2D eigenvalue weighted by Crippen LogP contribution is -2.04. The third-order valence-electron chi connectivity index (χ3n) is 2.50. The first-order valence-corrected chi connectivity index (χ1v) is 6.18. The van der Waals surface area contributed by atoms with Gasteiger partial charge in [-0.2, -0.15) is 0 Å². The van der Waals surface area contributed by atoms with E-state index in [4.69, 9.17) is 16.3 Å². The molecule has 0 radical (unpaired) electrons. The summed E-state index contributed by atoms with van der Waals surface area (Å²) in [5.41, 5.74) is 0.712. The minimum absolute atomic E-state index is 0.0103. The first kappa shape index (κ1) is 13.5. The quantitative estimate of drug-likeness (QED) is 0.926. The zero-order chi connectivity index (χ0) is 13.8. The summed E-state index contributed by atoms with van der Waals surface area (Å²) in [6.07, 6.45) is 1.36. The van der Waals surface area contributed by atoms with Crippen molar-refractivity contribution < 1.29 is 9.13 Å². The first-order valence-electron chi connectivity index (χ1n) is 5.80. The van der Waals surface area contributed by atoms with E-state index in [1.807, 2.05) is 6.92 Å². The van der Waals surface area contributed by atoms with Crippen molar-refractivity contribution in [3.8, 4) is 11.6 Å². The number of hydrogen-bond donors (Lipinski definition) is 1. The van der Waals surface area contributed by atoms with Crippen LogP contribution in [0, 0.1) is 12.7 Å². The Kier molecular flexibility index (Phi) is 4.16. The Bertz CT molecular complexity index is 592. The van der Waals surface area contributed by atoms with Crippen molar-refractivity contribution >= 4 is 17.4 Å². The average molecular weight is 282 g/mol. The second-order valence-corrected chi connectivity index (χ2v) is 4.24. The van der Waals surface area contributed by atoms with Gasteiger partial charge in [0.25, 0.3) is 0 Å². The van der Waals surface area contributed by atoms with Crippen molar-refractivity contribution in [3.05, 3.63) is 40.9 Å². The molecule has 0 aliphatic rings. The molecule has 2 aromatic rings. The summed E-state index contributed by atoms with van der Waals surface area (Å²) >= 11 is 5.70. The Labute approximate surface area is 115 Å². The fourth-order valence-corrected chi connectivity index (χ4v) is 1.72. The van der Waals surface area contributed by atoms with E-state index in [-0.39, 0.29) is 10.8 Å². The number of nitrogens with zero attached hydrogens (tertiary/aromatic N) is 2. The topological polar surface area (TPSA) is 47.0 Å². The second-order valence-electron chi connectivity index (χ2n) is 3.84. The van der Waals surface area contributed by atoms with E-state index >= 15 is 0 Å². The zero-order valence-corrected chi connectivity index (χ0v) is 11.3. The predicted octanol–water partition coefficient (Wildman–Crippen LogP) is 3.80. The van der Waals surface area contributed by atoms with Crippen LogP contribution in [0.15, 0.2) is 24.5 Å². The molecule has 1 aromatic heterocycles. The van der Waals surface area contributed by atoms with E-state index in [9.17, 15) is 4.39 Å². The highest BCUT2D eigenvalue weighted by Gasteiger charge is 2.12. The molecule has 4 nitrogen and oxygen atoms in total. The van der Waals surface area contributed by atoms with E-state index < -0.39 is 5.82 Å². The molecule has 2 rings (SSSR count). The highest BCUT2D eigenvalue weighted by molar-refractivity contribution is 6.30. The molecule has 0 unspecified atom stereocenters. The summed E-state index contributed by atoms with van der Waals surface area (Å²) in [4.78, 5) is 8.09. The van der Waals surface area contributed by atoms with E-state index in [0.29, 0.717) is 17.3 Å². The highest BCUT2D eigenvalue weighted by atomic mass is 35.5. The summed E-state index contributed by atoms with van der Waals surface area (Å²) in [7, 11) is 0. The van der Waals surface area contributed by atoms with Crippen LogP contribution < -0.4 is 10.1 Å². The minimum Gasteiger partial charge on any atom is -0.435 e. The van der Waals surface area contributed by atoms with Crippen LogP contribution in [0.5, 0.6) is 11.6 Å². The van der Waals surface area contributed by atoms with E-state index in [0.717, 1.165) is 6.54 Å². The lowest BCUT2D eigenvalue weighted by Gasteiger charge is -2.11. The number of halogens is 2. The SMILES string of the molecule is CCNc1ncnc(Oc2cccc(Cl)c2F)c1C. The third kappa shape index (κ3) is 2.93. The van der Waals surface area contributed by atoms with Crippen LogP contribution >= 0.6 is 11.6 Å². The summed E-state index contributed by atoms with van der Waals surface area (Å²) in [5, 5.41) is 3.09. The Morgan fingerprint density at radius 1 is 1.37 bits per heavy atom. The maximum Gasteiger partial charge on any atom is 0.227 e. The molecule has 0 spiro atoms. The lowest BCUT2D eigenvalue weighted by atomic mass is 10.3. The molecule has 6 heteroatoms. The summed E-state index contributed by atoms with van der Waals surface area (Å²) in [6, 6.07) is 4.57. The molecule has 0 saturated heterocycles. The lowest BCUT2D eigenvalue weighted by molar-refractivity contribution is 0.424. The summed E-state index contributed by atoms with van der Waals surface area (Å²) in [5.74, 6) is 0.394. The molecule has 0 saturated carbocycles. The number of aromatic nitrogens is 2. The Balaban J connectivity index is 2.33. The van der Waals surface area contributed by atoms with E-state index in [1.165, 1.54) is 18.5 Å². The molecule has 0 fully saturated rings. The van der Waals surface area contributed by atoms with Crippen molar-refractivity contribution in [2.45, 2.75) is 13.8 Å². The number of rotatable bonds is 4. The highest BCUT2D eigenvalue weighted by Crippen LogP contribution is 2.30. The van der Waals surface area contributed by atoms with Gasteiger partial charge in [0, 0.05) is 6.54 Å². The number of ether oxygens (including phenoxy) is 1. The van der Waals surface area contributed by atoms with Gasteiger partial charge in [-0.3, -0.25) is 0 Å². The van der Waals surface area contributed by atoms with Gasteiger partial charge in [0.1, 0.15) is 12.1 Å². The Morgan fingerprint density at radius 2 is 2.16 bits per heavy atom. The number of nitrogens with one attached hydrogen (secondary N) is 1. The number of benzene rings is 1. The Hall–Kier alpha value is -1.88. The van der Waals surface area contributed by atoms with Crippen LogP contribution in [0.3, 0.4) is 0 Å². The molecule has 1 aromatic carbocycles. The average Bonchev–Trinajstić information content (AvgIpc) is 2.40. The molecule has 19 heavy (non-hydrogen) atoms. The molecule has 1 heterocycles. The molecule has 0 bridgehead atoms. The molecular weight excluding hydrogens is 269 g/mol. The van der Waals surface area contributed by atoms with Gasteiger partial charge >= 0.3 is 0 Å². The maximum atomic E-state index is 13.8. The monoisotopic (exact) mass is 281 g/mol. The zero-order valence-electron chi connectivity index (χ0n) is 10.6. The van der Waals surface area contributed by atoms with Crippen molar-refractivity contribution in [3.63, 3.8) is 0 Å². The van der Waals surface area contributed by atoms with Crippen molar-refractivity contribution in [2.24, 2.45) is 0 Å². The smallest absolute Gasteiger partial charge is 0.227 e. The molecular formula is C13H13ClFN3O. The summed E-state index contributed by atoms with van der Waals surface area (Å²) < 4.78 is 19.2. The van der Waals surface area contributed by atoms with Crippen molar-refractivity contribution in [1.29, 1.82) is 0 Å². The molecule has 0 aliphatic heterocycles. The van der Waals surface area contributed by atoms with Crippen LogP contribution in [0.25, 0.3) is 0 Å². The second kappa shape index (κ2) is 5.84. The van der Waals surface area contributed by atoms with Gasteiger partial charge in [-0.1, -0.05) is 17.7 Å². The van der Waals surface area contributed by atoms with Gasteiger partial charge in [-0.15, -0.1) is 0 Å². The number of anilines is 1. The van der Waals surface area contributed by atoms with Crippen LogP contribution in [0.4, 0.5) is 10.2 Å². The van der Waals surface area contributed by atoms with Gasteiger partial charge < -0.3 is 10.1 Å². The van der Waals surface area contributed by atoms with E-state index in [2.05, 4.69) is 15.3 Å². The van der Waals surface area contributed by atoms with Gasteiger partial charge in [-0.05, 0) is 26.0 Å².